The van der Waals surface area contributed by atoms with Crippen molar-refractivity contribution in [3.8, 4) is 0 Å². The molecule has 0 aromatic heterocycles. The minimum atomic E-state index is -3.45. The van der Waals surface area contributed by atoms with Crippen LogP contribution in [0.4, 0.5) is 0 Å². The molecule has 0 spiro atoms. The van der Waals surface area contributed by atoms with Gasteiger partial charge in [-0.3, -0.25) is 0 Å². The number of halogens is 1. The molecule has 0 heterocycles. The molecule has 0 aliphatic heterocycles. The Hall–Kier alpha value is -2.14. The Bertz CT molecular complexity index is 998. The maximum absolute atomic E-state index is 8.40. The van der Waals surface area contributed by atoms with Crippen LogP contribution in [0.5, 0.6) is 0 Å². The van der Waals surface area contributed by atoms with E-state index in [9.17, 15) is 0 Å². The molecule has 0 saturated carbocycles. The zero-order valence-electron chi connectivity index (χ0n) is 17.6. The molecule has 0 radical (unpaired) electrons. The Labute approximate surface area is 179 Å². The Morgan fingerprint density at radius 3 is 1.24 bits per heavy atom. The van der Waals surface area contributed by atoms with Crippen LogP contribution in [0.25, 0.3) is 0 Å². The van der Waals surface area contributed by atoms with Crippen molar-refractivity contribution in [1.82, 2.24) is 0 Å². The summed E-state index contributed by atoms with van der Waals surface area (Å²) in [7, 11) is 0. The summed E-state index contributed by atoms with van der Waals surface area (Å²) >= 11 is 8.40. The Balaban J connectivity index is 2.28. The molecule has 0 saturated heterocycles. The average molecular weight is 419 g/mol. The van der Waals surface area contributed by atoms with Gasteiger partial charge < -0.3 is 0 Å². The molecule has 4 rings (SSSR count). The number of hydrogen-bond donors (Lipinski definition) is 0. The summed E-state index contributed by atoms with van der Waals surface area (Å²) < 4.78 is 0. The number of hydrogen-bond acceptors (Lipinski definition) is 0. The van der Waals surface area contributed by atoms with E-state index in [4.69, 9.17) is 11.2 Å². The van der Waals surface area contributed by atoms with E-state index in [1.807, 2.05) is 0 Å². The molecule has 0 nitrogen and oxygen atoms in total. The molecule has 1 unspecified atom stereocenters. The molecular weight excluding hydrogens is 391 g/mol. The third-order valence-electron chi connectivity index (χ3n) is 7.01. The normalized spacial score (nSPS) is 20.9. The fraction of sp³-hybridized carbons (Fsp3) is 0.185. The number of allylic oxidation sites excluding steroid dienone is 4. The van der Waals surface area contributed by atoms with E-state index in [-0.39, 0.29) is 5.16 Å². The third-order valence-corrected chi connectivity index (χ3v) is 15.8. The summed E-state index contributed by atoms with van der Waals surface area (Å²) in [4.78, 5) is 0. The average Bonchev–Trinajstić information content (AvgIpc) is 2.98. The molecule has 1 atom stereocenters. The van der Waals surface area contributed by atoms with Crippen molar-refractivity contribution < 1.29 is 0 Å². The molecule has 0 amide bonds. The van der Waals surface area contributed by atoms with Gasteiger partial charge in [0.2, 0.25) is 0 Å². The van der Waals surface area contributed by atoms with Crippen molar-refractivity contribution >= 4 is 33.1 Å². The first-order valence-corrected chi connectivity index (χ1v) is 13.3. The molecule has 1 aliphatic rings. The molecule has 0 fully saturated rings. The van der Waals surface area contributed by atoms with E-state index in [2.05, 4.69) is 125 Å². The van der Waals surface area contributed by atoms with Gasteiger partial charge in [0.1, 0.15) is 0 Å². The first-order chi connectivity index (χ1) is 13.8. The topological polar surface area (TPSA) is 0 Å². The van der Waals surface area contributed by atoms with Crippen LogP contribution >= 0.6 is 17.2 Å². The van der Waals surface area contributed by atoms with Gasteiger partial charge in [-0.05, 0) is 0 Å². The van der Waals surface area contributed by atoms with Gasteiger partial charge in [0.05, 0.1) is 0 Å². The van der Waals surface area contributed by atoms with Crippen LogP contribution in [-0.4, -0.2) is 5.16 Å². The molecule has 0 N–H and O–H groups in total. The van der Waals surface area contributed by atoms with Gasteiger partial charge in [0.25, 0.3) is 0 Å². The molecule has 29 heavy (non-hydrogen) atoms. The Kier molecular flexibility index (Phi) is 4.85. The van der Waals surface area contributed by atoms with Crippen LogP contribution < -0.4 is 15.9 Å². The maximum atomic E-state index is 8.40. The molecule has 3 aromatic carbocycles. The van der Waals surface area contributed by atoms with Crippen LogP contribution in [0.2, 0.25) is 0 Å². The standard InChI is InChI=1S/C27H28ClP/c1-21-20-27(4,23(3)22(21)2)29(28,24-14-8-5-9-15-24,25-16-10-6-11-17-25)26-18-12-7-13-19-26/h5-20H,1-4H3. The van der Waals surface area contributed by atoms with Crippen LogP contribution in [0, 0.1) is 0 Å². The van der Waals surface area contributed by atoms with Crippen LogP contribution in [0.3, 0.4) is 0 Å². The summed E-state index contributed by atoms with van der Waals surface area (Å²) in [6, 6.07) is 32.3. The fourth-order valence-electron chi connectivity index (χ4n) is 5.13. The quantitative estimate of drug-likeness (QED) is 0.412. The van der Waals surface area contributed by atoms with Crippen molar-refractivity contribution in [2.45, 2.75) is 32.9 Å². The predicted octanol–water partition coefficient (Wildman–Crippen LogP) is 6.73. The second kappa shape index (κ2) is 6.98. The predicted molar refractivity (Wildman–Crippen MR) is 132 cm³/mol. The first kappa shape index (κ1) is 20.1. The van der Waals surface area contributed by atoms with Gasteiger partial charge in [-0.15, -0.1) is 0 Å². The van der Waals surface area contributed by atoms with Gasteiger partial charge in [0, 0.05) is 0 Å². The van der Waals surface area contributed by atoms with Gasteiger partial charge in [-0.1, -0.05) is 0 Å². The summed E-state index contributed by atoms with van der Waals surface area (Å²) in [6.07, 6.45) is 2.43. The second-order valence-corrected chi connectivity index (χ2v) is 14.8. The van der Waals surface area contributed by atoms with Crippen LogP contribution in [0.15, 0.2) is 114 Å². The van der Waals surface area contributed by atoms with Crippen molar-refractivity contribution in [3.63, 3.8) is 0 Å². The number of rotatable bonds is 4. The van der Waals surface area contributed by atoms with Gasteiger partial charge >= 0.3 is 180 Å². The molecule has 3 aromatic rings. The van der Waals surface area contributed by atoms with Gasteiger partial charge in [0.15, 0.2) is 0 Å². The molecule has 0 bridgehead atoms. The SMILES string of the molecule is CC1=CC(C)(P(Cl)(c2ccccc2)(c2ccccc2)c2ccccc2)C(C)=C1C. The minimum absolute atomic E-state index is 0.328. The van der Waals surface area contributed by atoms with Crippen LogP contribution in [-0.2, 0) is 0 Å². The summed E-state index contributed by atoms with van der Waals surface area (Å²) in [5.74, 6) is -3.45. The monoisotopic (exact) mass is 418 g/mol. The van der Waals surface area contributed by atoms with Gasteiger partial charge in [-0.25, -0.2) is 0 Å². The van der Waals surface area contributed by atoms with Crippen molar-refractivity contribution in [3.05, 3.63) is 114 Å². The first-order valence-electron chi connectivity index (χ1n) is 10.1. The van der Waals surface area contributed by atoms with E-state index in [0.717, 1.165) is 0 Å². The van der Waals surface area contributed by atoms with E-state index in [1.54, 1.807) is 0 Å². The third kappa shape index (κ3) is 2.49. The van der Waals surface area contributed by atoms with E-state index >= 15 is 0 Å². The van der Waals surface area contributed by atoms with E-state index < -0.39 is 5.96 Å². The molecule has 148 valence electrons. The zero-order valence-corrected chi connectivity index (χ0v) is 19.2. The number of benzene rings is 3. The van der Waals surface area contributed by atoms with E-state index in [0.29, 0.717) is 0 Å². The molecule has 1 aliphatic carbocycles. The van der Waals surface area contributed by atoms with Crippen molar-refractivity contribution in [1.29, 1.82) is 0 Å². The van der Waals surface area contributed by atoms with Crippen molar-refractivity contribution in [2.75, 3.05) is 0 Å². The second-order valence-electron chi connectivity index (χ2n) is 8.24. The van der Waals surface area contributed by atoms with Gasteiger partial charge in [-0.2, -0.15) is 0 Å². The Morgan fingerprint density at radius 1 is 0.621 bits per heavy atom. The van der Waals surface area contributed by atoms with Crippen molar-refractivity contribution in [2.24, 2.45) is 0 Å². The summed E-state index contributed by atoms with van der Waals surface area (Å²) in [6.45, 7) is 9.05. The zero-order chi connectivity index (χ0) is 20.7. The molecule has 2 heteroatoms. The fourth-order valence-corrected chi connectivity index (χ4v) is 12.6. The summed E-state index contributed by atoms with van der Waals surface area (Å²) in [5, 5.41) is 3.29. The Morgan fingerprint density at radius 2 is 0.966 bits per heavy atom. The van der Waals surface area contributed by atoms with E-state index in [1.165, 1.54) is 32.6 Å². The van der Waals surface area contributed by atoms with Crippen LogP contribution in [0.1, 0.15) is 27.7 Å². The summed E-state index contributed by atoms with van der Waals surface area (Å²) in [5.41, 5.74) is 4.03. The molecular formula is C27H28ClP.